The molecule has 2 aromatic rings. The van der Waals surface area contributed by atoms with E-state index in [9.17, 15) is 14.0 Å². The van der Waals surface area contributed by atoms with Crippen LogP contribution < -0.4 is 5.32 Å². The molecule has 4 rings (SSSR count). The molecule has 29 heavy (non-hydrogen) atoms. The molecular weight excluding hydrogens is 367 g/mol. The van der Waals surface area contributed by atoms with Crippen LogP contribution in [0.1, 0.15) is 43.2 Å². The monoisotopic (exact) mass is 390 g/mol. The van der Waals surface area contributed by atoms with Crippen LogP contribution in [-0.4, -0.2) is 17.4 Å². The van der Waals surface area contributed by atoms with Gasteiger partial charge in [0.15, 0.2) is 0 Å². The number of aliphatic imine (C=N–C) groups is 1. The number of amides is 1. The molecule has 4 nitrogen and oxygen atoms in total. The summed E-state index contributed by atoms with van der Waals surface area (Å²) in [5.74, 6) is -1.65. The van der Waals surface area contributed by atoms with Crippen molar-refractivity contribution < 1.29 is 14.0 Å². The number of nitrogens with zero attached hydrogens (tertiary/aromatic N) is 1. The molecule has 1 saturated carbocycles. The summed E-state index contributed by atoms with van der Waals surface area (Å²) in [6.45, 7) is 3.78. The number of para-hydroxylation sites is 1. The number of ketones is 1. The normalized spacial score (nSPS) is 21.5. The summed E-state index contributed by atoms with van der Waals surface area (Å²) in [4.78, 5) is 30.9. The third kappa shape index (κ3) is 3.53. The molecule has 0 spiro atoms. The number of benzene rings is 2. The zero-order valence-electron chi connectivity index (χ0n) is 16.5. The molecule has 0 aromatic heterocycles. The van der Waals surface area contributed by atoms with Gasteiger partial charge in [0, 0.05) is 29.3 Å². The maximum absolute atomic E-state index is 14.1. The summed E-state index contributed by atoms with van der Waals surface area (Å²) < 4.78 is 14.1. The van der Waals surface area contributed by atoms with Crippen LogP contribution in [0.25, 0.3) is 0 Å². The van der Waals surface area contributed by atoms with E-state index in [0.717, 1.165) is 29.7 Å². The van der Waals surface area contributed by atoms with Gasteiger partial charge in [0.05, 0.1) is 11.6 Å². The van der Waals surface area contributed by atoms with E-state index in [1.807, 2.05) is 31.2 Å². The maximum atomic E-state index is 14.1. The van der Waals surface area contributed by atoms with Crippen molar-refractivity contribution in [2.75, 3.05) is 5.32 Å². The highest BCUT2D eigenvalue weighted by Crippen LogP contribution is 2.43. The molecule has 2 aromatic carbocycles. The first-order valence-corrected chi connectivity index (χ1v) is 9.89. The Hall–Kier alpha value is -3.08. The first-order valence-electron chi connectivity index (χ1n) is 9.89. The topological polar surface area (TPSA) is 58.5 Å². The van der Waals surface area contributed by atoms with Crippen molar-refractivity contribution in [1.29, 1.82) is 0 Å². The summed E-state index contributed by atoms with van der Waals surface area (Å²) in [5.41, 5.74) is 3.96. The van der Waals surface area contributed by atoms with E-state index in [2.05, 4.69) is 10.3 Å². The summed E-state index contributed by atoms with van der Waals surface area (Å²) in [5, 5.41) is 2.69. The van der Waals surface area contributed by atoms with Crippen molar-refractivity contribution in [1.82, 2.24) is 0 Å². The summed E-state index contributed by atoms with van der Waals surface area (Å²) in [6, 6.07) is 13.9. The zero-order valence-corrected chi connectivity index (χ0v) is 16.5. The third-order valence-corrected chi connectivity index (χ3v) is 5.80. The molecule has 1 unspecified atom stereocenters. The second kappa shape index (κ2) is 7.74. The molecule has 1 fully saturated rings. The number of aryl methyl sites for hydroxylation is 1. The van der Waals surface area contributed by atoms with Gasteiger partial charge in [0.25, 0.3) is 5.91 Å². The SMILES string of the molecule is CC1=C(C(=O)Nc2ccccc2F)[C@H](c2ccccc2C)C2C(=O)CCCC2=N1. The van der Waals surface area contributed by atoms with Gasteiger partial charge in [-0.15, -0.1) is 0 Å². The standard InChI is InChI=1S/C24H23FN2O2/c1-14-8-3-4-9-16(14)22-21(24(29)27-18-11-6-5-10-17(18)25)15(2)26-19-12-7-13-20(28)23(19)22/h3-6,8-11,22-23H,7,12-13H2,1-2H3,(H,27,29)/t22-,23?/m0/s1. The molecule has 0 saturated heterocycles. The van der Waals surface area contributed by atoms with Gasteiger partial charge in [-0.05, 0) is 49.9 Å². The lowest BCUT2D eigenvalue weighted by molar-refractivity contribution is -0.122. The predicted octanol–water partition coefficient (Wildman–Crippen LogP) is 4.95. The number of allylic oxidation sites excluding steroid dienone is 1. The Labute approximate surface area is 169 Å². The van der Waals surface area contributed by atoms with E-state index in [-0.39, 0.29) is 11.5 Å². The van der Waals surface area contributed by atoms with Gasteiger partial charge in [-0.1, -0.05) is 36.4 Å². The third-order valence-electron chi connectivity index (χ3n) is 5.80. The lowest BCUT2D eigenvalue weighted by atomic mass is 9.68. The number of Topliss-reactive ketones (excluding diaryl/α,β-unsaturated/α-hetero) is 1. The van der Waals surface area contributed by atoms with Gasteiger partial charge in [-0.25, -0.2) is 4.39 Å². The largest absolute Gasteiger partial charge is 0.320 e. The Bertz CT molecular complexity index is 1050. The van der Waals surface area contributed by atoms with Gasteiger partial charge in [-0.3, -0.25) is 14.6 Å². The fraction of sp³-hybridized carbons (Fsp3) is 0.292. The number of fused-ring (bicyclic) bond motifs is 1. The molecule has 0 radical (unpaired) electrons. The highest BCUT2D eigenvalue weighted by Gasteiger charge is 2.43. The van der Waals surface area contributed by atoms with Crippen LogP contribution in [0.2, 0.25) is 0 Å². The second-order valence-electron chi connectivity index (χ2n) is 7.67. The number of rotatable bonds is 3. The second-order valence-corrected chi connectivity index (χ2v) is 7.67. The maximum Gasteiger partial charge on any atom is 0.254 e. The van der Waals surface area contributed by atoms with Crippen LogP contribution in [-0.2, 0) is 9.59 Å². The first kappa shape index (κ1) is 19.2. The quantitative estimate of drug-likeness (QED) is 0.806. The van der Waals surface area contributed by atoms with Crippen molar-refractivity contribution in [2.45, 2.75) is 39.0 Å². The van der Waals surface area contributed by atoms with E-state index >= 15 is 0 Å². The van der Waals surface area contributed by atoms with Crippen LogP contribution >= 0.6 is 0 Å². The summed E-state index contributed by atoms with van der Waals surface area (Å²) >= 11 is 0. The summed E-state index contributed by atoms with van der Waals surface area (Å²) in [7, 11) is 0. The Balaban J connectivity index is 1.83. The van der Waals surface area contributed by atoms with Crippen molar-refractivity contribution in [3.63, 3.8) is 0 Å². The van der Waals surface area contributed by atoms with Crippen LogP contribution in [0.5, 0.6) is 0 Å². The molecule has 0 bridgehead atoms. The molecular formula is C24H23FN2O2. The first-order chi connectivity index (χ1) is 14.0. The van der Waals surface area contributed by atoms with Crippen molar-refractivity contribution in [3.8, 4) is 0 Å². The average molecular weight is 390 g/mol. The molecule has 148 valence electrons. The fourth-order valence-corrected chi connectivity index (χ4v) is 4.44. The van der Waals surface area contributed by atoms with E-state index in [4.69, 9.17) is 0 Å². The lowest BCUT2D eigenvalue weighted by Gasteiger charge is -2.36. The van der Waals surface area contributed by atoms with Gasteiger partial charge >= 0.3 is 0 Å². The average Bonchev–Trinajstić information content (AvgIpc) is 2.69. The summed E-state index contributed by atoms with van der Waals surface area (Å²) in [6.07, 6.45) is 2.05. The molecule has 1 N–H and O–H groups in total. The number of nitrogens with one attached hydrogen (secondary N) is 1. The minimum Gasteiger partial charge on any atom is -0.320 e. The highest BCUT2D eigenvalue weighted by atomic mass is 19.1. The number of halogens is 1. The van der Waals surface area contributed by atoms with Gasteiger partial charge in [0.1, 0.15) is 11.6 Å². The van der Waals surface area contributed by atoms with Gasteiger partial charge in [0.2, 0.25) is 0 Å². The van der Waals surface area contributed by atoms with E-state index in [0.29, 0.717) is 17.7 Å². The Morgan fingerprint density at radius 1 is 1.03 bits per heavy atom. The van der Waals surface area contributed by atoms with Crippen LogP contribution in [0.15, 0.2) is 64.8 Å². The van der Waals surface area contributed by atoms with Crippen LogP contribution in [0.3, 0.4) is 0 Å². The number of hydrogen-bond donors (Lipinski definition) is 1. The van der Waals surface area contributed by atoms with Crippen molar-refractivity contribution in [3.05, 3.63) is 76.7 Å². The van der Waals surface area contributed by atoms with Gasteiger partial charge < -0.3 is 5.32 Å². The lowest BCUT2D eigenvalue weighted by Crippen LogP contribution is -2.40. The molecule has 2 aliphatic rings. The predicted molar refractivity (Wildman–Crippen MR) is 111 cm³/mol. The molecule has 1 amide bonds. The van der Waals surface area contributed by atoms with Crippen LogP contribution in [0.4, 0.5) is 10.1 Å². The number of carbonyl (C=O) groups excluding carboxylic acids is 2. The smallest absolute Gasteiger partial charge is 0.254 e. The van der Waals surface area contributed by atoms with Crippen LogP contribution in [0, 0.1) is 18.7 Å². The molecule has 2 atom stereocenters. The highest BCUT2D eigenvalue weighted by molar-refractivity contribution is 6.14. The van der Waals surface area contributed by atoms with E-state index < -0.39 is 23.6 Å². The van der Waals surface area contributed by atoms with Gasteiger partial charge in [-0.2, -0.15) is 0 Å². The molecule has 1 heterocycles. The minimum absolute atomic E-state index is 0.117. The van der Waals surface area contributed by atoms with Crippen molar-refractivity contribution >= 4 is 23.1 Å². The zero-order chi connectivity index (χ0) is 20.5. The number of carbonyl (C=O) groups is 2. The van der Waals surface area contributed by atoms with Crippen molar-refractivity contribution in [2.24, 2.45) is 10.9 Å². The molecule has 5 heteroatoms. The van der Waals surface area contributed by atoms with E-state index in [1.54, 1.807) is 19.1 Å². The Morgan fingerprint density at radius 2 is 1.76 bits per heavy atom. The number of hydrogen-bond acceptors (Lipinski definition) is 3. The Kier molecular flexibility index (Phi) is 5.14. The molecule has 1 aliphatic heterocycles. The molecule has 1 aliphatic carbocycles. The fourth-order valence-electron chi connectivity index (χ4n) is 4.44. The van der Waals surface area contributed by atoms with E-state index in [1.165, 1.54) is 12.1 Å². The minimum atomic E-state index is -0.500. The Morgan fingerprint density at radius 3 is 2.52 bits per heavy atom. The number of anilines is 1.